The van der Waals surface area contributed by atoms with E-state index in [2.05, 4.69) is 5.32 Å². The second kappa shape index (κ2) is 4.46. The fourth-order valence-corrected chi connectivity index (χ4v) is 1.93. The number of urea groups is 1. The van der Waals surface area contributed by atoms with Crippen LogP contribution < -0.4 is 11.1 Å². The van der Waals surface area contributed by atoms with Crippen LogP contribution in [0.15, 0.2) is 0 Å². The molecule has 76 valence electrons. The van der Waals surface area contributed by atoms with E-state index < -0.39 is 0 Å². The normalized spacial score (nSPS) is 28.5. The highest BCUT2D eigenvalue weighted by Crippen LogP contribution is 2.21. The van der Waals surface area contributed by atoms with E-state index in [-0.39, 0.29) is 6.03 Å². The van der Waals surface area contributed by atoms with Crippen LogP contribution in [0.1, 0.15) is 25.7 Å². The first-order chi connectivity index (χ1) is 6.15. The Morgan fingerprint density at radius 3 is 2.31 bits per heavy atom. The number of amides is 2. The largest absolute Gasteiger partial charge is 0.351 e. The summed E-state index contributed by atoms with van der Waals surface area (Å²) in [5.74, 6) is 0. The van der Waals surface area contributed by atoms with Crippen molar-refractivity contribution in [3.05, 3.63) is 0 Å². The summed E-state index contributed by atoms with van der Waals surface area (Å²) < 4.78 is 0. The van der Waals surface area contributed by atoms with Crippen molar-refractivity contribution in [1.82, 2.24) is 10.2 Å². The summed E-state index contributed by atoms with van der Waals surface area (Å²) in [6, 6.07) is 0.660. The van der Waals surface area contributed by atoms with Gasteiger partial charge in [-0.15, -0.1) is 0 Å². The molecular weight excluding hydrogens is 166 g/mol. The number of nitrogens with one attached hydrogen (secondary N) is 1. The molecule has 0 saturated heterocycles. The summed E-state index contributed by atoms with van der Waals surface area (Å²) in [6.07, 6.45) is 4.40. The highest BCUT2D eigenvalue weighted by atomic mass is 16.2. The molecule has 3 N–H and O–H groups in total. The SMILES string of the molecule is CNC1CCC(N(C)C(N)=O)CC1. The molecule has 0 radical (unpaired) electrons. The predicted octanol–water partition coefficient (Wildman–Crippen LogP) is 0.527. The molecule has 0 heterocycles. The summed E-state index contributed by atoms with van der Waals surface area (Å²) in [6.45, 7) is 0. The van der Waals surface area contributed by atoms with E-state index >= 15 is 0 Å². The smallest absolute Gasteiger partial charge is 0.314 e. The van der Waals surface area contributed by atoms with Crippen LogP contribution in [0.5, 0.6) is 0 Å². The summed E-state index contributed by atoms with van der Waals surface area (Å²) >= 11 is 0. The Bertz CT molecular complexity index is 176. The average molecular weight is 185 g/mol. The van der Waals surface area contributed by atoms with E-state index in [4.69, 9.17) is 5.73 Å². The number of nitrogens with two attached hydrogens (primary N) is 1. The molecule has 1 aliphatic carbocycles. The van der Waals surface area contributed by atoms with Gasteiger partial charge in [-0.3, -0.25) is 0 Å². The monoisotopic (exact) mass is 185 g/mol. The van der Waals surface area contributed by atoms with Crippen LogP contribution in [-0.2, 0) is 0 Å². The molecule has 0 unspecified atom stereocenters. The van der Waals surface area contributed by atoms with Crippen molar-refractivity contribution in [3.63, 3.8) is 0 Å². The number of carbonyl (C=O) groups excluding carboxylic acids is 1. The maximum absolute atomic E-state index is 10.9. The van der Waals surface area contributed by atoms with Crippen molar-refractivity contribution in [2.24, 2.45) is 5.73 Å². The molecule has 0 aliphatic heterocycles. The lowest BCUT2D eigenvalue weighted by Crippen LogP contribution is -2.44. The van der Waals surface area contributed by atoms with Crippen LogP contribution in [0.3, 0.4) is 0 Å². The van der Waals surface area contributed by atoms with Crippen LogP contribution in [-0.4, -0.2) is 37.1 Å². The van der Waals surface area contributed by atoms with Gasteiger partial charge in [0.05, 0.1) is 0 Å². The van der Waals surface area contributed by atoms with E-state index in [1.807, 2.05) is 7.05 Å². The van der Waals surface area contributed by atoms with Gasteiger partial charge in [0, 0.05) is 19.1 Å². The third-order valence-electron chi connectivity index (χ3n) is 3.00. The number of hydrogen-bond donors (Lipinski definition) is 2. The molecule has 4 nitrogen and oxygen atoms in total. The van der Waals surface area contributed by atoms with Crippen LogP contribution in [0.4, 0.5) is 4.79 Å². The first-order valence-corrected chi connectivity index (χ1v) is 4.84. The van der Waals surface area contributed by atoms with Crippen molar-refractivity contribution in [2.75, 3.05) is 14.1 Å². The Kier molecular flexibility index (Phi) is 3.54. The predicted molar refractivity (Wildman–Crippen MR) is 52.5 cm³/mol. The molecule has 1 rings (SSSR count). The van der Waals surface area contributed by atoms with Gasteiger partial charge in [0.25, 0.3) is 0 Å². The minimum absolute atomic E-state index is 0.312. The third kappa shape index (κ3) is 2.59. The van der Waals surface area contributed by atoms with Gasteiger partial charge < -0.3 is 16.0 Å². The van der Waals surface area contributed by atoms with Crippen molar-refractivity contribution in [2.45, 2.75) is 37.8 Å². The maximum atomic E-state index is 10.9. The fourth-order valence-electron chi connectivity index (χ4n) is 1.93. The van der Waals surface area contributed by atoms with Gasteiger partial charge in [0.15, 0.2) is 0 Å². The highest BCUT2D eigenvalue weighted by molar-refractivity contribution is 5.72. The van der Waals surface area contributed by atoms with Gasteiger partial charge in [-0.1, -0.05) is 0 Å². The summed E-state index contributed by atoms with van der Waals surface area (Å²) in [4.78, 5) is 12.5. The number of carbonyl (C=O) groups is 1. The lowest BCUT2D eigenvalue weighted by atomic mass is 9.90. The van der Waals surface area contributed by atoms with Crippen LogP contribution >= 0.6 is 0 Å². The lowest BCUT2D eigenvalue weighted by molar-refractivity contribution is 0.175. The molecule has 1 fully saturated rings. The topological polar surface area (TPSA) is 58.4 Å². The Morgan fingerprint density at radius 2 is 1.92 bits per heavy atom. The minimum atomic E-state index is -0.312. The number of nitrogens with zero attached hydrogens (tertiary/aromatic N) is 1. The quantitative estimate of drug-likeness (QED) is 0.659. The number of hydrogen-bond acceptors (Lipinski definition) is 2. The molecule has 0 aromatic rings. The number of primary amides is 1. The number of rotatable bonds is 2. The molecule has 4 heteroatoms. The van der Waals surface area contributed by atoms with E-state index in [1.165, 1.54) is 0 Å². The van der Waals surface area contributed by atoms with Gasteiger partial charge in [-0.2, -0.15) is 0 Å². The second-order valence-electron chi connectivity index (χ2n) is 3.74. The fraction of sp³-hybridized carbons (Fsp3) is 0.889. The van der Waals surface area contributed by atoms with Crippen LogP contribution in [0, 0.1) is 0 Å². The molecule has 1 aliphatic rings. The highest BCUT2D eigenvalue weighted by Gasteiger charge is 2.24. The Labute approximate surface area is 79.5 Å². The van der Waals surface area contributed by atoms with Gasteiger partial charge in [0.2, 0.25) is 0 Å². The second-order valence-corrected chi connectivity index (χ2v) is 3.74. The van der Waals surface area contributed by atoms with Crippen molar-refractivity contribution in [1.29, 1.82) is 0 Å². The molecule has 13 heavy (non-hydrogen) atoms. The zero-order valence-electron chi connectivity index (χ0n) is 8.42. The standard InChI is InChI=1S/C9H19N3O/c1-11-7-3-5-8(6-4-7)12(2)9(10)13/h7-8,11H,3-6H2,1-2H3,(H2,10,13). The molecule has 1 saturated carbocycles. The van der Waals surface area contributed by atoms with Gasteiger partial charge in [-0.25, -0.2) is 4.79 Å². The molecule has 0 aromatic carbocycles. The summed E-state index contributed by atoms with van der Waals surface area (Å²) in [5.41, 5.74) is 5.21. The zero-order chi connectivity index (χ0) is 9.84. The van der Waals surface area contributed by atoms with E-state index in [0.717, 1.165) is 25.7 Å². The van der Waals surface area contributed by atoms with E-state index in [1.54, 1.807) is 11.9 Å². The molecular formula is C9H19N3O. The summed E-state index contributed by atoms with van der Waals surface area (Å²) in [7, 11) is 3.77. The van der Waals surface area contributed by atoms with Gasteiger partial charge >= 0.3 is 6.03 Å². The van der Waals surface area contributed by atoms with Crippen LogP contribution in [0.2, 0.25) is 0 Å². The molecule has 0 bridgehead atoms. The minimum Gasteiger partial charge on any atom is -0.351 e. The van der Waals surface area contributed by atoms with Crippen molar-refractivity contribution < 1.29 is 4.79 Å². The Balaban J connectivity index is 2.36. The third-order valence-corrected chi connectivity index (χ3v) is 3.00. The summed E-state index contributed by atoms with van der Waals surface area (Å²) in [5, 5.41) is 3.26. The lowest BCUT2D eigenvalue weighted by Gasteiger charge is -2.33. The average Bonchev–Trinajstić information content (AvgIpc) is 2.17. The van der Waals surface area contributed by atoms with Crippen LogP contribution in [0.25, 0.3) is 0 Å². The molecule has 0 aromatic heterocycles. The Hall–Kier alpha value is -0.770. The van der Waals surface area contributed by atoms with E-state index in [0.29, 0.717) is 12.1 Å². The van der Waals surface area contributed by atoms with Gasteiger partial charge in [0.1, 0.15) is 0 Å². The first-order valence-electron chi connectivity index (χ1n) is 4.84. The van der Waals surface area contributed by atoms with Gasteiger partial charge in [-0.05, 0) is 32.7 Å². The maximum Gasteiger partial charge on any atom is 0.314 e. The first kappa shape index (κ1) is 10.3. The molecule has 0 spiro atoms. The molecule has 2 amide bonds. The van der Waals surface area contributed by atoms with E-state index in [9.17, 15) is 4.79 Å². The van der Waals surface area contributed by atoms with Crippen molar-refractivity contribution >= 4 is 6.03 Å². The van der Waals surface area contributed by atoms with Crippen molar-refractivity contribution in [3.8, 4) is 0 Å². The Morgan fingerprint density at radius 1 is 1.38 bits per heavy atom. The zero-order valence-corrected chi connectivity index (χ0v) is 8.42. The molecule has 0 atom stereocenters.